The minimum absolute atomic E-state index is 0.0527. The number of hydrogen-bond donors (Lipinski definition) is 1. The fourth-order valence-electron chi connectivity index (χ4n) is 1.13. The van der Waals surface area contributed by atoms with E-state index in [9.17, 15) is 4.79 Å². The van der Waals surface area contributed by atoms with Crippen LogP contribution in [0.15, 0.2) is 0 Å². The topological polar surface area (TPSA) is 46.3 Å². The van der Waals surface area contributed by atoms with Crippen LogP contribution in [-0.4, -0.2) is 30.4 Å². The number of nitrogens with zero attached hydrogens (tertiary/aromatic N) is 1. The van der Waals surface area contributed by atoms with Gasteiger partial charge in [-0.15, -0.1) is 0 Å². The van der Waals surface area contributed by atoms with E-state index in [1.54, 1.807) is 11.8 Å². The third-order valence-electron chi connectivity index (χ3n) is 1.99. The molecule has 0 bridgehead atoms. The van der Waals surface area contributed by atoms with Crippen LogP contribution in [0.3, 0.4) is 0 Å². The summed E-state index contributed by atoms with van der Waals surface area (Å²) in [7, 11) is 1.82. The van der Waals surface area contributed by atoms with Gasteiger partial charge in [-0.05, 0) is 25.7 Å². The normalized spacial score (nSPS) is 19.5. The van der Waals surface area contributed by atoms with E-state index in [-0.39, 0.29) is 11.9 Å². The fourth-order valence-corrected chi connectivity index (χ4v) is 1.13. The first-order valence-corrected chi connectivity index (χ1v) is 4.12. The Morgan fingerprint density at radius 3 is 2.64 bits per heavy atom. The zero-order chi connectivity index (χ0) is 8.43. The van der Waals surface area contributed by atoms with Crippen molar-refractivity contribution in [2.45, 2.75) is 25.8 Å². The molecule has 11 heavy (non-hydrogen) atoms. The van der Waals surface area contributed by atoms with Crippen molar-refractivity contribution in [2.75, 3.05) is 13.6 Å². The Bertz CT molecular complexity index is 152. The second kappa shape index (κ2) is 3.22. The van der Waals surface area contributed by atoms with Crippen LogP contribution < -0.4 is 5.73 Å². The Morgan fingerprint density at radius 2 is 2.27 bits per heavy atom. The monoisotopic (exact) mass is 156 g/mol. The lowest BCUT2D eigenvalue weighted by Gasteiger charge is -2.18. The van der Waals surface area contributed by atoms with E-state index in [0.29, 0.717) is 0 Å². The lowest BCUT2D eigenvalue weighted by atomic mass is 10.3. The molecule has 1 saturated carbocycles. The van der Waals surface area contributed by atoms with Crippen molar-refractivity contribution >= 4 is 5.91 Å². The Hall–Kier alpha value is -0.570. The molecule has 0 spiro atoms. The van der Waals surface area contributed by atoms with Crippen LogP contribution in [0.4, 0.5) is 0 Å². The molecule has 0 unspecified atom stereocenters. The van der Waals surface area contributed by atoms with Gasteiger partial charge in [0.05, 0.1) is 6.04 Å². The maximum atomic E-state index is 11.2. The molecule has 1 aliphatic rings. The first-order chi connectivity index (χ1) is 5.11. The second-order valence-corrected chi connectivity index (χ2v) is 3.45. The number of carbonyl (C=O) groups excluding carboxylic acids is 1. The van der Waals surface area contributed by atoms with Crippen LogP contribution in [-0.2, 0) is 4.79 Å². The molecule has 1 atom stereocenters. The van der Waals surface area contributed by atoms with E-state index in [4.69, 9.17) is 5.73 Å². The summed E-state index contributed by atoms with van der Waals surface area (Å²) >= 11 is 0. The van der Waals surface area contributed by atoms with Crippen molar-refractivity contribution in [3.8, 4) is 0 Å². The van der Waals surface area contributed by atoms with Gasteiger partial charge < -0.3 is 10.6 Å². The molecule has 0 aromatic heterocycles. The van der Waals surface area contributed by atoms with Crippen molar-refractivity contribution in [3.05, 3.63) is 0 Å². The molecular formula is C8H16N2O. The largest absolute Gasteiger partial charge is 0.344 e. The average molecular weight is 156 g/mol. The van der Waals surface area contributed by atoms with E-state index < -0.39 is 0 Å². The zero-order valence-electron chi connectivity index (χ0n) is 7.21. The molecule has 0 aromatic rings. The summed E-state index contributed by atoms with van der Waals surface area (Å²) in [4.78, 5) is 12.9. The van der Waals surface area contributed by atoms with Crippen molar-refractivity contribution in [1.29, 1.82) is 0 Å². The third kappa shape index (κ3) is 2.50. The molecule has 0 radical (unpaired) electrons. The van der Waals surface area contributed by atoms with Gasteiger partial charge >= 0.3 is 0 Å². The van der Waals surface area contributed by atoms with Crippen LogP contribution in [0.1, 0.15) is 19.8 Å². The number of rotatable bonds is 3. The molecule has 3 nitrogen and oxygen atoms in total. The molecule has 1 amide bonds. The molecule has 1 aliphatic carbocycles. The first kappa shape index (κ1) is 8.53. The second-order valence-electron chi connectivity index (χ2n) is 3.45. The van der Waals surface area contributed by atoms with Crippen molar-refractivity contribution < 1.29 is 4.79 Å². The number of nitrogens with two attached hydrogens (primary N) is 1. The molecule has 2 N–H and O–H groups in total. The SMILES string of the molecule is C[C@H](N)C(=O)N(C)CC1CC1. The highest BCUT2D eigenvalue weighted by atomic mass is 16.2. The summed E-state index contributed by atoms with van der Waals surface area (Å²) in [6, 6.07) is -0.348. The molecule has 3 heteroatoms. The molecule has 1 fully saturated rings. The fraction of sp³-hybridized carbons (Fsp3) is 0.875. The summed E-state index contributed by atoms with van der Waals surface area (Å²) in [6.45, 7) is 2.62. The molecule has 0 saturated heterocycles. The van der Waals surface area contributed by atoms with Gasteiger partial charge in [-0.1, -0.05) is 0 Å². The van der Waals surface area contributed by atoms with E-state index in [2.05, 4.69) is 0 Å². The first-order valence-electron chi connectivity index (χ1n) is 4.12. The molecule has 0 heterocycles. The zero-order valence-corrected chi connectivity index (χ0v) is 7.21. The van der Waals surface area contributed by atoms with Crippen LogP contribution in [0.5, 0.6) is 0 Å². The van der Waals surface area contributed by atoms with E-state index in [0.717, 1.165) is 12.5 Å². The predicted molar refractivity (Wildman–Crippen MR) is 44.0 cm³/mol. The number of hydrogen-bond acceptors (Lipinski definition) is 2. The van der Waals surface area contributed by atoms with Crippen LogP contribution >= 0.6 is 0 Å². The molecule has 0 aromatic carbocycles. The van der Waals surface area contributed by atoms with Gasteiger partial charge in [0.1, 0.15) is 0 Å². The van der Waals surface area contributed by atoms with Gasteiger partial charge in [0.2, 0.25) is 5.91 Å². The highest BCUT2D eigenvalue weighted by Crippen LogP contribution is 2.29. The van der Waals surface area contributed by atoms with Crippen molar-refractivity contribution in [1.82, 2.24) is 4.90 Å². The summed E-state index contributed by atoms with van der Waals surface area (Å²) in [5.74, 6) is 0.805. The van der Waals surface area contributed by atoms with E-state index >= 15 is 0 Å². The summed E-state index contributed by atoms with van der Waals surface area (Å²) < 4.78 is 0. The molecule has 1 rings (SSSR count). The Kier molecular flexibility index (Phi) is 2.49. The molecular weight excluding hydrogens is 140 g/mol. The van der Waals surface area contributed by atoms with Crippen LogP contribution in [0.2, 0.25) is 0 Å². The van der Waals surface area contributed by atoms with Gasteiger partial charge in [-0.2, -0.15) is 0 Å². The number of carbonyl (C=O) groups is 1. The van der Waals surface area contributed by atoms with Gasteiger partial charge in [0.25, 0.3) is 0 Å². The smallest absolute Gasteiger partial charge is 0.238 e. The standard InChI is InChI=1S/C8H16N2O/c1-6(9)8(11)10(2)5-7-3-4-7/h6-7H,3-5,9H2,1-2H3/t6-/m0/s1. The summed E-state index contributed by atoms with van der Waals surface area (Å²) in [5.41, 5.74) is 5.44. The summed E-state index contributed by atoms with van der Waals surface area (Å²) in [6.07, 6.45) is 2.55. The van der Waals surface area contributed by atoms with Gasteiger partial charge in [-0.25, -0.2) is 0 Å². The lowest BCUT2D eigenvalue weighted by molar-refractivity contribution is -0.131. The van der Waals surface area contributed by atoms with Gasteiger partial charge in [0.15, 0.2) is 0 Å². The average Bonchev–Trinajstić information content (AvgIpc) is 2.69. The minimum atomic E-state index is -0.348. The highest BCUT2D eigenvalue weighted by Gasteiger charge is 2.25. The van der Waals surface area contributed by atoms with Gasteiger partial charge in [-0.3, -0.25) is 4.79 Å². The summed E-state index contributed by atoms with van der Waals surface area (Å²) in [5, 5.41) is 0. The minimum Gasteiger partial charge on any atom is -0.344 e. The van der Waals surface area contributed by atoms with Crippen LogP contribution in [0, 0.1) is 5.92 Å². The molecule has 0 aliphatic heterocycles. The number of amides is 1. The van der Waals surface area contributed by atoms with E-state index in [1.165, 1.54) is 12.8 Å². The molecule has 64 valence electrons. The lowest BCUT2D eigenvalue weighted by Crippen LogP contribution is -2.40. The quantitative estimate of drug-likeness (QED) is 0.634. The predicted octanol–water partition coefficient (Wildman–Crippen LogP) is 0.202. The van der Waals surface area contributed by atoms with Crippen molar-refractivity contribution in [2.24, 2.45) is 11.7 Å². The van der Waals surface area contributed by atoms with Crippen LogP contribution in [0.25, 0.3) is 0 Å². The Labute approximate surface area is 67.5 Å². The van der Waals surface area contributed by atoms with Gasteiger partial charge in [0, 0.05) is 13.6 Å². The third-order valence-corrected chi connectivity index (χ3v) is 1.99. The Balaban J connectivity index is 2.26. The van der Waals surface area contributed by atoms with E-state index in [1.807, 2.05) is 7.05 Å². The van der Waals surface area contributed by atoms with Crippen molar-refractivity contribution in [3.63, 3.8) is 0 Å². The number of likely N-dealkylation sites (N-methyl/N-ethyl adjacent to an activating group) is 1. The highest BCUT2D eigenvalue weighted by molar-refractivity contribution is 5.80. The Morgan fingerprint density at radius 1 is 1.73 bits per heavy atom. The maximum Gasteiger partial charge on any atom is 0.238 e. The maximum absolute atomic E-state index is 11.2.